The quantitative estimate of drug-likeness (QED) is 0.595. The van der Waals surface area contributed by atoms with Gasteiger partial charge in [-0.3, -0.25) is 4.98 Å². The van der Waals surface area contributed by atoms with Crippen LogP contribution in [0.1, 0.15) is 0 Å². The zero-order valence-electron chi connectivity index (χ0n) is 6.46. The fraction of sp³-hybridized carbons (Fsp3) is 0. The van der Waals surface area contributed by atoms with Crippen molar-refractivity contribution in [2.45, 2.75) is 0 Å². The molecule has 0 amide bonds. The second-order valence-electron chi connectivity index (χ2n) is 2.59. The molecule has 2 nitrogen and oxygen atoms in total. The van der Waals surface area contributed by atoms with E-state index in [1.54, 1.807) is 18.3 Å². The second kappa shape index (κ2) is 4.99. The molecule has 68 valence electrons. The number of aromatic hydroxyl groups is 1. The summed E-state index contributed by atoms with van der Waals surface area (Å²) >= 11 is 8.00. The van der Waals surface area contributed by atoms with Gasteiger partial charge in [-0.2, -0.15) is 0 Å². The van der Waals surface area contributed by atoms with Gasteiger partial charge in [-0.15, -0.1) is 0 Å². The summed E-state index contributed by atoms with van der Waals surface area (Å²) in [7, 11) is 0. The summed E-state index contributed by atoms with van der Waals surface area (Å²) in [5.74, 6) is 0.195. The van der Waals surface area contributed by atoms with E-state index in [1.165, 1.54) is 0 Å². The Morgan fingerprint density at radius 1 is 1.43 bits per heavy atom. The van der Waals surface area contributed by atoms with Crippen LogP contribution in [-0.2, 0) is 0 Å². The number of phenolic OH excluding ortho intramolecular Hbond substituents is 1. The number of aromatic nitrogens is 1. The number of hydrogen-bond acceptors (Lipinski definition) is 2. The Balaban J connectivity index is 0.000000980. The first-order chi connectivity index (χ1) is 6.20. The number of hydrogen-bond donors (Lipinski definition) is 1. The summed E-state index contributed by atoms with van der Waals surface area (Å²) < 4.78 is 0.716. The van der Waals surface area contributed by atoms with Crippen LogP contribution in [0.25, 0.3) is 10.9 Å². The summed E-state index contributed by atoms with van der Waals surface area (Å²) in [4.78, 5) is 4.06. The molecule has 0 atom stereocenters. The van der Waals surface area contributed by atoms with Crippen LogP contribution in [0.2, 0.25) is 5.02 Å². The summed E-state index contributed by atoms with van der Waals surface area (Å²) in [6, 6.07) is 5.35. The zero-order valence-corrected chi connectivity index (χ0v) is 9.37. The number of rotatable bonds is 0. The molecule has 5 heteroatoms. The molecule has 0 fully saturated rings. The van der Waals surface area contributed by atoms with E-state index in [4.69, 9.17) is 11.6 Å². The molecule has 1 heterocycles. The molecule has 1 aromatic heterocycles. The maximum atomic E-state index is 9.65. The maximum absolute atomic E-state index is 9.65. The Labute approximate surface area is 122 Å². The number of pyridine rings is 1. The molecule has 0 saturated heterocycles. The molecule has 0 spiro atoms. The van der Waals surface area contributed by atoms with Gasteiger partial charge in [-0.1, -0.05) is 11.6 Å². The first-order valence-electron chi connectivity index (χ1n) is 3.62. The van der Waals surface area contributed by atoms with Crippen LogP contribution in [0.4, 0.5) is 0 Å². The van der Waals surface area contributed by atoms with E-state index in [1.807, 2.05) is 28.7 Å². The van der Waals surface area contributed by atoms with Crippen LogP contribution >= 0.6 is 34.2 Å². The molecule has 0 unspecified atom stereocenters. The third-order valence-electron chi connectivity index (χ3n) is 1.77. The van der Waals surface area contributed by atoms with Crippen molar-refractivity contribution in [3.8, 4) is 5.75 Å². The average Bonchev–Trinajstić information content (AvgIpc) is 2.15. The van der Waals surface area contributed by atoms with Crippen LogP contribution in [-0.4, -0.2) is 39.6 Å². The molecule has 1 aromatic carbocycles. The van der Waals surface area contributed by atoms with E-state index in [2.05, 4.69) is 4.98 Å². The second-order valence-corrected chi connectivity index (χ2v) is 4.16. The van der Waals surface area contributed by atoms with Crippen LogP contribution in [0.15, 0.2) is 24.4 Å². The fourth-order valence-corrected chi connectivity index (χ4v) is 2.17. The SMILES string of the molecule is Oc1c(I)cc(Cl)c2cccnc12.[NaH]. The molecular formula is C9H6ClINNaO. The van der Waals surface area contributed by atoms with Gasteiger partial charge in [0.05, 0.1) is 8.59 Å². The molecule has 0 aliphatic rings. The molecule has 0 bridgehead atoms. The average molecular weight is 330 g/mol. The number of benzene rings is 1. The van der Waals surface area contributed by atoms with E-state index in [0.29, 0.717) is 14.1 Å². The van der Waals surface area contributed by atoms with Crippen molar-refractivity contribution < 1.29 is 5.11 Å². The van der Waals surface area contributed by atoms with Crippen molar-refractivity contribution in [2.75, 3.05) is 0 Å². The van der Waals surface area contributed by atoms with E-state index in [9.17, 15) is 5.11 Å². The first kappa shape index (κ1) is 12.5. The van der Waals surface area contributed by atoms with Crippen LogP contribution in [0.5, 0.6) is 5.75 Å². The predicted octanol–water partition coefficient (Wildman–Crippen LogP) is 2.55. The molecule has 0 aliphatic carbocycles. The van der Waals surface area contributed by atoms with Crippen LogP contribution < -0.4 is 0 Å². The summed E-state index contributed by atoms with van der Waals surface area (Å²) in [5, 5.41) is 11.0. The number of halogens is 2. The van der Waals surface area contributed by atoms with Gasteiger partial charge in [0.15, 0.2) is 5.75 Å². The Bertz CT molecular complexity index is 478. The molecular weight excluding hydrogens is 323 g/mol. The first-order valence-corrected chi connectivity index (χ1v) is 5.07. The van der Waals surface area contributed by atoms with E-state index in [-0.39, 0.29) is 35.3 Å². The topological polar surface area (TPSA) is 33.1 Å². The third-order valence-corrected chi connectivity index (χ3v) is 2.90. The minimum atomic E-state index is 0. The molecule has 2 aromatic rings. The van der Waals surface area contributed by atoms with Gasteiger partial charge in [-0.05, 0) is 40.8 Å². The Morgan fingerprint density at radius 3 is 2.86 bits per heavy atom. The summed E-state index contributed by atoms with van der Waals surface area (Å²) in [6.45, 7) is 0. The van der Waals surface area contributed by atoms with Crippen LogP contribution in [0, 0.1) is 3.57 Å². The van der Waals surface area contributed by atoms with E-state index >= 15 is 0 Å². The molecule has 2 rings (SSSR count). The van der Waals surface area contributed by atoms with Gasteiger partial charge in [-0.25, -0.2) is 0 Å². The van der Waals surface area contributed by atoms with Crippen molar-refractivity contribution in [3.63, 3.8) is 0 Å². The predicted molar refractivity (Wildman–Crippen MR) is 68.3 cm³/mol. The zero-order chi connectivity index (χ0) is 9.42. The van der Waals surface area contributed by atoms with Crippen molar-refractivity contribution in [1.82, 2.24) is 4.98 Å². The van der Waals surface area contributed by atoms with Crippen molar-refractivity contribution >= 4 is 74.7 Å². The van der Waals surface area contributed by atoms with Crippen molar-refractivity contribution in [2.24, 2.45) is 0 Å². The Morgan fingerprint density at radius 2 is 2.14 bits per heavy atom. The van der Waals surface area contributed by atoms with Gasteiger partial charge in [0, 0.05) is 11.6 Å². The minimum absolute atomic E-state index is 0. The van der Waals surface area contributed by atoms with E-state index in [0.717, 1.165) is 5.39 Å². The van der Waals surface area contributed by atoms with Crippen molar-refractivity contribution in [1.29, 1.82) is 0 Å². The van der Waals surface area contributed by atoms with Crippen molar-refractivity contribution in [3.05, 3.63) is 33.0 Å². The molecule has 0 aliphatic heterocycles. The molecule has 0 radical (unpaired) electrons. The summed E-state index contributed by atoms with van der Waals surface area (Å²) in [5.41, 5.74) is 0.555. The third kappa shape index (κ3) is 2.17. The monoisotopic (exact) mass is 329 g/mol. The van der Waals surface area contributed by atoms with Gasteiger partial charge in [0.25, 0.3) is 0 Å². The number of phenols is 1. The number of nitrogens with zero attached hydrogens (tertiary/aromatic N) is 1. The van der Waals surface area contributed by atoms with E-state index < -0.39 is 0 Å². The molecule has 14 heavy (non-hydrogen) atoms. The Hall–Kier alpha value is 0.450. The van der Waals surface area contributed by atoms with Gasteiger partial charge in [0.1, 0.15) is 5.52 Å². The van der Waals surface area contributed by atoms with Crippen LogP contribution in [0.3, 0.4) is 0 Å². The Kier molecular flexibility index (Phi) is 4.46. The molecule has 1 N–H and O–H groups in total. The van der Waals surface area contributed by atoms with Gasteiger partial charge >= 0.3 is 29.6 Å². The van der Waals surface area contributed by atoms with Gasteiger partial charge in [0.2, 0.25) is 0 Å². The standard InChI is InChI=1S/C9H5ClINO.Na.H/c10-6-4-7(11)9(13)8-5(6)2-1-3-12-8;;/h1-4,13H;;. The summed E-state index contributed by atoms with van der Waals surface area (Å²) in [6.07, 6.45) is 1.63. The molecule has 0 saturated carbocycles. The fourth-order valence-electron chi connectivity index (χ4n) is 1.16. The normalized spacial score (nSPS) is 9.86. The number of fused-ring (bicyclic) bond motifs is 1. The van der Waals surface area contributed by atoms with Gasteiger partial charge < -0.3 is 5.11 Å².